The van der Waals surface area contributed by atoms with E-state index in [1.807, 2.05) is 30.3 Å². The van der Waals surface area contributed by atoms with Crippen LogP contribution in [0, 0.1) is 0 Å². The molecule has 1 aliphatic rings. The second kappa shape index (κ2) is 8.35. The van der Waals surface area contributed by atoms with Crippen molar-refractivity contribution in [3.05, 3.63) is 71.3 Å². The Bertz CT molecular complexity index is 806. The van der Waals surface area contributed by atoms with Crippen molar-refractivity contribution in [1.82, 2.24) is 10.2 Å². The third-order valence-electron chi connectivity index (χ3n) is 4.86. The number of amides is 1. The van der Waals surface area contributed by atoms with Crippen LogP contribution in [0.1, 0.15) is 34.8 Å². The molecule has 142 valence electrons. The van der Waals surface area contributed by atoms with E-state index in [0.717, 1.165) is 25.1 Å². The number of hydrogen-bond acceptors (Lipinski definition) is 4. The Morgan fingerprint density at radius 2 is 1.85 bits per heavy atom. The summed E-state index contributed by atoms with van der Waals surface area (Å²) < 4.78 is 5.46. The summed E-state index contributed by atoms with van der Waals surface area (Å²) in [5.74, 6) is -0.673. The zero-order valence-electron chi connectivity index (χ0n) is 15.9. The van der Waals surface area contributed by atoms with Gasteiger partial charge in [0.25, 0.3) is 5.91 Å². The fourth-order valence-corrected chi connectivity index (χ4v) is 3.37. The van der Waals surface area contributed by atoms with Crippen molar-refractivity contribution in [3.8, 4) is 0 Å². The molecule has 1 unspecified atom stereocenters. The maximum Gasteiger partial charge on any atom is 0.339 e. The predicted octanol–water partition coefficient (Wildman–Crippen LogP) is 2.80. The first-order chi connectivity index (χ1) is 13.0. The van der Waals surface area contributed by atoms with Crippen LogP contribution >= 0.6 is 0 Å². The van der Waals surface area contributed by atoms with E-state index in [2.05, 4.69) is 29.4 Å². The molecule has 1 atom stereocenters. The fourth-order valence-electron chi connectivity index (χ4n) is 3.37. The van der Waals surface area contributed by atoms with Crippen molar-refractivity contribution in [1.29, 1.82) is 0 Å². The molecule has 0 aromatic heterocycles. The number of nitrogens with zero attached hydrogens (tertiary/aromatic N) is 1. The fraction of sp³-hybridized carbons (Fsp3) is 0.364. The van der Waals surface area contributed by atoms with Crippen LogP contribution < -0.4 is 5.32 Å². The summed E-state index contributed by atoms with van der Waals surface area (Å²) in [4.78, 5) is 27.0. The average molecular weight is 366 g/mol. The molecule has 2 aromatic rings. The van der Waals surface area contributed by atoms with Crippen LogP contribution in [0.4, 0.5) is 0 Å². The molecule has 1 N–H and O–H groups in total. The van der Waals surface area contributed by atoms with E-state index in [9.17, 15) is 9.59 Å². The van der Waals surface area contributed by atoms with Gasteiger partial charge >= 0.3 is 5.97 Å². The quantitative estimate of drug-likeness (QED) is 0.605. The van der Waals surface area contributed by atoms with Crippen molar-refractivity contribution in [2.24, 2.45) is 0 Å². The lowest BCUT2D eigenvalue weighted by molar-refractivity contribution is -0.139. The number of rotatable bonds is 7. The third kappa shape index (κ3) is 4.74. The number of nitrogens with one attached hydrogen (secondary N) is 1. The zero-order chi connectivity index (χ0) is 19.3. The number of ether oxygens (including phenoxy) is 1. The van der Waals surface area contributed by atoms with E-state index < -0.39 is 11.6 Å². The van der Waals surface area contributed by atoms with E-state index in [1.165, 1.54) is 5.56 Å². The molecule has 3 rings (SSSR count). The minimum absolute atomic E-state index is 0.240. The van der Waals surface area contributed by atoms with Crippen LogP contribution in [0.3, 0.4) is 0 Å². The molecule has 0 spiro atoms. The van der Waals surface area contributed by atoms with Gasteiger partial charge in [0.2, 0.25) is 0 Å². The summed E-state index contributed by atoms with van der Waals surface area (Å²) in [5.41, 5.74) is 1.52. The number of carbonyl (C=O) groups is 2. The van der Waals surface area contributed by atoms with E-state index >= 15 is 0 Å². The van der Waals surface area contributed by atoms with Gasteiger partial charge in [-0.25, -0.2) is 4.79 Å². The van der Waals surface area contributed by atoms with Crippen LogP contribution in [0.2, 0.25) is 0 Å². The Balaban J connectivity index is 1.46. The molecule has 0 fully saturated rings. The van der Waals surface area contributed by atoms with Crippen LogP contribution in [-0.4, -0.2) is 42.5 Å². The van der Waals surface area contributed by atoms with E-state index in [4.69, 9.17) is 4.74 Å². The minimum Gasteiger partial charge on any atom is -0.445 e. The van der Waals surface area contributed by atoms with Gasteiger partial charge in [0.15, 0.2) is 5.60 Å². The van der Waals surface area contributed by atoms with Crippen molar-refractivity contribution in [3.63, 3.8) is 0 Å². The van der Waals surface area contributed by atoms with E-state index in [1.54, 1.807) is 19.1 Å². The van der Waals surface area contributed by atoms with Gasteiger partial charge in [-0.1, -0.05) is 48.5 Å². The van der Waals surface area contributed by atoms with E-state index in [0.29, 0.717) is 18.5 Å². The maximum atomic E-state index is 12.6. The van der Waals surface area contributed by atoms with Crippen LogP contribution in [-0.2, 0) is 22.5 Å². The second-order valence-electron chi connectivity index (χ2n) is 7.29. The molecule has 5 heteroatoms. The van der Waals surface area contributed by atoms with Gasteiger partial charge in [-0.15, -0.1) is 0 Å². The largest absolute Gasteiger partial charge is 0.445 e. The lowest BCUT2D eigenvalue weighted by Crippen LogP contribution is -2.52. The molecule has 0 bridgehead atoms. The Morgan fingerprint density at radius 3 is 2.63 bits per heavy atom. The lowest BCUT2D eigenvalue weighted by Gasteiger charge is -2.33. The van der Waals surface area contributed by atoms with Gasteiger partial charge in [0.05, 0.1) is 5.56 Å². The number of esters is 1. The van der Waals surface area contributed by atoms with Gasteiger partial charge in [0.1, 0.15) is 0 Å². The summed E-state index contributed by atoms with van der Waals surface area (Å²) in [5, 5.41) is 2.92. The Hall–Kier alpha value is -2.66. The van der Waals surface area contributed by atoms with Gasteiger partial charge < -0.3 is 15.0 Å². The summed E-state index contributed by atoms with van der Waals surface area (Å²) in [7, 11) is 2.07. The van der Waals surface area contributed by atoms with Gasteiger partial charge in [-0.2, -0.15) is 0 Å². The normalized spacial score (nSPS) is 18.7. The molecular weight excluding hydrogens is 340 g/mol. The van der Waals surface area contributed by atoms with Gasteiger partial charge in [-0.3, -0.25) is 4.79 Å². The Kier molecular flexibility index (Phi) is 5.91. The molecule has 1 aliphatic heterocycles. The van der Waals surface area contributed by atoms with Gasteiger partial charge in [0, 0.05) is 19.5 Å². The molecule has 5 nitrogen and oxygen atoms in total. The highest BCUT2D eigenvalue weighted by molar-refractivity contribution is 5.97. The highest BCUT2D eigenvalue weighted by Gasteiger charge is 2.42. The predicted molar refractivity (Wildman–Crippen MR) is 104 cm³/mol. The number of hydrogen-bond donors (Lipinski definition) is 1. The van der Waals surface area contributed by atoms with Crippen LogP contribution in [0.25, 0.3) is 0 Å². The molecule has 2 aromatic carbocycles. The topological polar surface area (TPSA) is 58.6 Å². The Labute approximate surface area is 160 Å². The molecular formula is C22H26N2O3. The molecule has 1 amide bonds. The summed E-state index contributed by atoms with van der Waals surface area (Å²) >= 11 is 0. The zero-order valence-corrected chi connectivity index (χ0v) is 15.9. The maximum absolute atomic E-state index is 12.6. The first-order valence-electron chi connectivity index (χ1n) is 9.30. The smallest absolute Gasteiger partial charge is 0.339 e. The van der Waals surface area contributed by atoms with Crippen molar-refractivity contribution >= 4 is 11.9 Å². The molecule has 0 aliphatic carbocycles. The Morgan fingerprint density at radius 1 is 1.15 bits per heavy atom. The first kappa shape index (κ1) is 19.1. The van der Waals surface area contributed by atoms with Crippen molar-refractivity contribution in [2.45, 2.75) is 31.9 Å². The summed E-state index contributed by atoms with van der Waals surface area (Å²) in [6.07, 6.45) is 1.23. The number of cyclic esters (lactones) is 1. The molecule has 0 saturated carbocycles. The minimum atomic E-state index is -1.15. The van der Waals surface area contributed by atoms with Crippen molar-refractivity contribution in [2.75, 3.05) is 20.1 Å². The van der Waals surface area contributed by atoms with E-state index in [-0.39, 0.29) is 5.91 Å². The standard InChI is InChI=1S/C22H26N2O3/c1-22(15-18-11-6-7-12-19(18)20(25)27-22)21(26)23-13-8-14-24(2)16-17-9-4-3-5-10-17/h3-7,9-12H,8,13-16H2,1-2H3,(H,23,26). The summed E-state index contributed by atoms with van der Waals surface area (Å²) in [6.45, 7) is 3.97. The molecule has 1 heterocycles. The lowest BCUT2D eigenvalue weighted by atomic mass is 9.89. The number of benzene rings is 2. The monoisotopic (exact) mass is 366 g/mol. The first-order valence-corrected chi connectivity index (χ1v) is 9.30. The molecule has 0 saturated heterocycles. The second-order valence-corrected chi connectivity index (χ2v) is 7.29. The van der Waals surface area contributed by atoms with Crippen molar-refractivity contribution < 1.29 is 14.3 Å². The highest BCUT2D eigenvalue weighted by atomic mass is 16.6. The van der Waals surface area contributed by atoms with Crippen LogP contribution in [0.15, 0.2) is 54.6 Å². The van der Waals surface area contributed by atoms with Crippen LogP contribution in [0.5, 0.6) is 0 Å². The average Bonchev–Trinajstić information content (AvgIpc) is 2.66. The number of carbonyl (C=O) groups excluding carboxylic acids is 2. The van der Waals surface area contributed by atoms with Gasteiger partial charge in [-0.05, 0) is 44.1 Å². The SMILES string of the molecule is CN(CCCNC(=O)C1(C)Cc2ccccc2C(=O)O1)Cc1ccccc1. The molecule has 0 radical (unpaired) electrons. The summed E-state index contributed by atoms with van der Waals surface area (Å²) in [6, 6.07) is 17.6. The highest BCUT2D eigenvalue weighted by Crippen LogP contribution is 2.28. The molecule has 27 heavy (non-hydrogen) atoms. The third-order valence-corrected chi connectivity index (χ3v) is 4.86. The number of fused-ring (bicyclic) bond motifs is 1.